The Kier molecular flexibility index (Phi) is 21.4. The van der Waals surface area contributed by atoms with Gasteiger partial charge in [-0.05, 0) is 31.1 Å². The second-order valence-electron chi connectivity index (χ2n) is 27.4. The number of hydrogen-bond acceptors (Lipinski definition) is 30. The molecule has 41 heteroatoms. The molecule has 0 aliphatic rings. The molecule has 0 saturated carbocycles. The highest BCUT2D eigenvalue weighted by atomic mass is 32.2. The smallest absolute Gasteiger partial charge is 0.212 e. The maximum atomic E-state index is 5.05. The van der Waals surface area contributed by atoms with Crippen LogP contribution in [0.15, 0.2) is 248 Å². The van der Waals surface area contributed by atoms with Crippen LogP contribution in [0.2, 0.25) is 0 Å². The lowest BCUT2D eigenvalue weighted by atomic mass is 10.1. The van der Waals surface area contributed by atoms with E-state index in [0.717, 1.165) is 139 Å². The van der Waals surface area contributed by atoms with Gasteiger partial charge in [-0.15, -0.1) is 21.5 Å². The number of benzene rings is 2. The SMILES string of the molecule is CCSc1nnc(Nc2nccn3c(-c4cnn(C)c4)cnc23)s1.Cc1cc(Nc2nccn3c(-c4cnn(C)c4)cnc23)n(C)n1.Cc1cc(Nc2nccn3c(-c4cnn(C)c4)cnc23)no1.Cn1cc(-c2cnc3c(Nc4nc(-c5ccccc5)cs4)nccn23)cn1.Cn1cc(-c2cnc3c(Nc4nccc5ccccc45)nccn23)cn1. The van der Waals surface area contributed by atoms with Crippen molar-refractivity contribution in [3.63, 3.8) is 0 Å². The van der Waals surface area contributed by atoms with Gasteiger partial charge < -0.3 is 31.1 Å². The zero-order valence-corrected chi connectivity index (χ0v) is 69.1. The van der Waals surface area contributed by atoms with Gasteiger partial charge in [-0.2, -0.15) is 30.6 Å². The number of aromatic nitrogens is 32. The van der Waals surface area contributed by atoms with Gasteiger partial charge in [0.05, 0.1) is 102 Å². The number of pyridine rings is 1. The molecule has 606 valence electrons. The van der Waals surface area contributed by atoms with Crippen LogP contribution in [0.4, 0.5) is 56.8 Å². The van der Waals surface area contributed by atoms with E-state index < -0.39 is 0 Å². The van der Waals surface area contributed by atoms with Crippen molar-refractivity contribution in [3.05, 3.63) is 251 Å². The fourth-order valence-corrected chi connectivity index (χ4v) is 15.7. The summed E-state index contributed by atoms with van der Waals surface area (Å²) in [5.41, 5.74) is 16.5. The molecule has 0 saturated heterocycles. The summed E-state index contributed by atoms with van der Waals surface area (Å²) in [5.74, 6) is 7.21. The van der Waals surface area contributed by atoms with Crippen molar-refractivity contribution in [3.8, 4) is 67.5 Å². The molecule has 0 spiro atoms. The van der Waals surface area contributed by atoms with Crippen LogP contribution in [0, 0.1) is 13.8 Å². The van der Waals surface area contributed by atoms with E-state index in [1.807, 2.05) is 256 Å². The van der Waals surface area contributed by atoms with Crippen LogP contribution in [-0.2, 0) is 42.3 Å². The molecule has 0 fully saturated rings. The zero-order chi connectivity index (χ0) is 83.3. The van der Waals surface area contributed by atoms with Crippen molar-refractivity contribution in [2.24, 2.45) is 42.3 Å². The summed E-state index contributed by atoms with van der Waals surface area (Å²) < 4.78 is 26.5. The van der Waals surface area contributed by atoms with Gasteiger partial charge in [-0.1, -0.05) is 89.8 Å². The number of anilines is 10. The number of fused-ring (bicyclic) bond motifs is 6. The van der Waals surface area contributed by atoms with Gasteiger partial charge in [0.2, 0.25) is 5.13 Å². The number of thioether (sulfide) groups is 1. The highest BCUT2D eigenvalue weighted by molar-refractivity contribution is 8.01. The van der Waals surface area contributed by atoms with Crippen molar-refractivity contribution < 1.29 is 4.52 Å². The van der Waals surface area contributed by atoms with Crippen LogP contribution >= 0.6 is 34.4 Å². The highest BCUT2D eigenvalue weighted by Crippen LogP contribution is 2.35. The largest absolute Gasteiger partial charge is 0.360 e. The molecule has 0 aliphatic heterocycles. The third-order valence-electron chi connectivity index (χ3n) is 18.9. The Morgan fingerprint density at radius 3 is 1.24 bits per heavy atom. The summed E-state index contributed by atoms with van der Waals surface area (Å²) in [7, 11) is 11.4. The Morgan fingerprint density at radius 2 is 0.820 bits per heavy atom. The predicted molar refractivity (Wildman–Crippen MR) is 467 cm³/mol. The van der Waals surface area contributed by atoms with Crippen LogP contribution in [0.5, 0.6) is 0 Å². The number of rotatable bonds is 18. The van der Waals surface area contributed by atoms with E-state index in [1.165, 1.54) is 11.3 Å². The maximum Gasteiger partial charge on any atom is 0.212 e. The normalized spacial score (nSPS) is 11.2. The van der Waals surface area contributed by atoms with Crippen LogP contribution in [0.1, 0.15) is 18.4 Å². The first-order chi connectivity index (χ1) is 59.6. The third kappa shape index (κ3) is 16.4. The quantitative estimate of drug-likeness (QED) is 0.0498. The van der Waals surface area contributed by atoms with Crippen molar-refractivity contribution in [2.75, 3.05) is 32.3 Å². The average Bonchev–Trinajstić information content (AvgIpc) is 1.64. The number of imidazole rings is 5. The Morgan fingerprint density at radius 1 is 0.402 bits per heavy atom. The second kappa shape index (κ2) is 33.9. The first kappa shape index (κ1) is 77.2. The minimum atomic E-state index is 0.601. The minimum Gasteiger partial charge on any atom is -0.360 e. The molecule has 22 rings (SSSR count). The summed E-state index contributed by atoms with van der Waals surface area (Å²) in [6.07, 6.45) is 47.9. The average molecular weight is 1680 g/mol. The molecule has 20 heterocycles. The lowest BCUT2D eigenvalue weighted by molar-refractivity contribution is 0.400. The fraction of sp³-hybridized carbons (Fsp3) is 0.123. The molecule has 122 heavy (non-hydrogen) atoms. The van der Waals surface area contributed by atoms with E-state index in [-0.39, 0.29) is 0 Å². The summed E-state index contributed by atoms with van der Waals surface area (Å²) in [6.45, 7) is 5.88. The van der Waals surface area contributed by atoms with Crippen molar-refractivity contribution >= 4 is 130 Å². The molecule has 0 amide bonds. The van der Waals surface area contributed by atoms with Gasteiger partial charge in [-0.3, -0.25) is 50.1 Å². The molecule has 0 unspecified atom stereocenters. The molecular formula is C81H73N37OS3. The van der Waals surface area contributed by atoms with Crippen molar-refractivity contribution in [2.45, 2.75) is 25.1 Å². The Balaban J connectivity index is 0.000000104. The topological polar surface area (TPSA) is 396 Å². The van der Waals surface area contributed by atoms with E-state index >= 15 is 0 Å². The molecule has 20 aromatic heterocycles. The summed E-state index contributed by atoms with van der Waals surface area (Å²) in [5, 5.41) is 59.6. The molecule has 2 aromatic carbocycles. The number of nitrogens with zero attached hydrogens (tertiary/aromatic N) is 32. The maximum absolute atomic E-state index is 5.05. The summed E-state index contributed by atoms with van der Waals surface area (Å²) in [6, 6.07) is 24.0. The van der Waals surface area contributed by atoms with E-state index in [0.29, 0.717) is 45.7 Å². The predicted octanol–water partition coefficient (Wildman–Crippen LogP) is 14.3. The van der Waals surface area contributed by atoms with E-state index in [9.17, 15) is 0 Å². The van der Waals surface area contributed by atoms with Gasteiger partial charge in [0.15, 0.2) is 72.6 Å². The molecule has 0 radical (unpaired) electrons. The molecule has 5 N–H and O–H groups in total. The van der Waals surface area contributed by atoms with Crippen LogP contribution in [0.25, 0.3) is 107 Å². The number of thiazole rings is 1. The Hall–Kier alpha value is -16.0. The second-order valence-corrected chi connectivity index (χ2v) is 30.8. The van der Waals surface area contributed by atoms with Gasteiger partial charge in [0.1, 0.15) is 17.4 Å². The number of aryl methyl sites for hydroxylation is 8. The van der Waals surface area contributed by atoms with Gasteiger partial charge in [0.25, 0.3) is 0 Å². The van der Waals surface area contributed by atoms with Gasteiger partial charge >= 0.3 is 0 Å². The van der Waals surface area contributed by atoms with Crippen molar-refractivity contribution in [1.82, 2.24) is 156 Å². The minimum absolute atomic E-state index is 0.601. The van der Waals surface area contributed by atoms with E-state index in [1.54, 1.807) is 107 Å². The van der Waals surface area contributed by atoms with Crippen LogP contribution in [0.3, 0.4) is 0 Å². The fourth-order valence-electron chi connectivity index (χ4n) is 13.3. The summed E-state index contributed by atoms with van der Waals surface area (Å²) in [4.78, 5) is 53.7. The first-order valence-corrected chi connectivity index (χ1v) is 40.5. The molecule has 38 nitrogen and oxygen atoms in total. The number of hydrogen-bond donors (Lipinski definition) is 5. The third-order valence-corrected chi connectivity index (χ3v) is 21.5. The lowest BCUT2D eigenvalue weighted by Gasteiger charge is -2.09. The molecule has 0 atom stereocenters. The van der Waals surface area contributed by atoms with E-state index in [4.69, 9.17) is 4.52 Å². The van der Waals surface area contributed by atoms with Gasteiger partial charge in [-0.25, -0.2) is 59.8 Å². The van der Waals surface area contributed by atoms with Crippen molar-refractivity contribution in [1.29, 1.82) is 0 Å². The number of nitrogens with one attached hydrogen (secondary N) is 5. The molecule has 0 aliphatic carbocycles. The standard InChI is InChI=1S/C19H15N7S.C19H15N7.C15H16N8.C14H14N8S2.C14H13N7O/c1-25-11-14(9-22-25)16-10-21-18-17(20-7-8-26(16)18)24-19-23-15(12-27-19)13-5-3-2-4-6-13;1-25-12-14(10-23-25)16-11-22-19-18(21-8-9-26(16)19)24-17-15-5-3-2-4-13(15)6-7-20-17;1-10-6-13(22(3)20-10)19-14-15-17-8-12(23(15)5-4-16-14)11-7-18-21(2)9-11;1-3-23-14-20-19-13(24-14)18-11-12-16-7-10(22(12)5-4-15-11)9-6-17-21(2)8-9;1-9-5-12(19-22-9)18-13-14-16-7-11(21(14)4-3-15-13)10-6-17-20(2)8-10/h2-12H,1H3,(H,20,23,24);2-12H,1H3,(H,20,21,24);4-9H,1-3H3,(H,16,19);4-8H,3H2,1-2H3,(H,15,18,19);3-8H,1-2H3,(H,15,18,19). The highest BCUT2D eigenvalue weighted by Gasteiger charge is 2.21. The Labute approximate surface area is 704 Å². The lowest BCUT2D eigenvalue weighted by Crippen LogP contribution is -2.03. The molecular weight excluding hydrogens is 1600 g/mol. The van der Waals surface area contributed by atoms with Crippen LogP contribution in [-0.4, -0.2) is 162 Å². The first-order valence-electron chi connectivity index (χ1n) is 37.8. The molecule has 0 bridgehead atoms. The molecule has 22 aromatic rings. The zero-order valence-electron chi connectivity index (χ0n) is 66.7. The van der Waals surface area contributed by atoms with Crippen LogP contribution < -0.4 is 26.6 Å². The monoisotopic (exact) mass is 1680 g/mol. The van der Waals surface area contributed by atoms with Gasteiger partial charge in [0, 0.05) is 198 Å². The van der Waals surface area contributed by atoms with E-state index in [2.05, 4.69) is 145 Å². The summed E-state index contributed by atoms with van der Waals surface area (Å²) >= 11 is 4.72. The Bertz CT molecular complexity index is 7390.